The van der Waals surface area contributed by atoms with Crippen LogP contribution in [0.15, 0.2) is 17.2 Å². The van der Waals surface area contributed by atoms with Crippen molar-refractivity contribution in [3.8, 4) is 0 Å². The minimum atomic E-state index is -3.52. The average Bonchev–Trinajstić information content (AvgIpc) is 2.82. The number of nitrogens with two attached hydrogens (primary N) is 1. The molecule has 0 atom stereocenters. The zero-order valence-electron chi connectivity index (χ0n) is 12.1. The number of rotatable bonds is 5. The fourth-order valence-electron chi connectivity index (χ4n) is 2.45. The molecule has 2 rings (SSSR count). The zero-order chi connectivity index (χ0) is 14.8. The van der Waals surface area contributed by atoms with E-state index in [2.05, 4.69) is 4.72 Å². The van der Waals surface area contributed by atoms with E-state index in [0.717, 1.165) is 5.69 Å². The van der Waals surface area contributed by atoms with Crippen molar-refractivity contribution < 1.29 is 13.2 Å². The van der Waals surface area contributed by atoms with Gasteiger partial charge in [-0.3, -0.25) is 0 Å². The SMILES string of the molecule is CCn1cc(S(=O)(=O)NC2(C)CCOCC2)cc1CN. The number of aromatic nitrogens is 1. The Balaban J connectivity index is 2.23. The minimum absolute atomic E-state index is 0.285. The van der Waals surface area contributed by atoms with Crippen molar-refractivity contribution in [2.24, 2.45) is 5.73 Å². The van der Waals surface area contributed by atoms with E-state index in [0.29, 0.717) is 39.1 Å². The lowest BCUT2D eigenvalue weighted by Gasteiger charge is -2.33. The summed E-state index contributed by atoms with van der Waals surface area (Å²) in [5, 5.41) is 0. The van der Waals surface area contributed by atoms with E-state index >= 15 is 0 Å². The van der Waals surface area contributed by atoms with Crippen LogP contribution in [0.5, 0.6) is 0 Å². The van der Waals surface area contributed by atoms with Gasteiger partial charge < -0.3 is 15.0 Å². The van der Waals surface area contributed by atoms with Crippen LogP contribution in [0.2, 0.25) is 0 Å². The van der Waals surface area contributed by atoms with Gasteiger partial charge in [-0.2, -0.15) is 0 Å². The predicted molar refractivity (Wildman–Crippen MR) is 76.8 cm³/mol. The molecule has 114 valence electrons. The molecule has 1 aromatic heterocycles. The summed E-state index contributed by atoms with van der Waals surface area (Å²) in [4.78, 5) is 0.285. The second kappa shape index (κ2) is 5.85. The summed E-state index contributed by atoms with van der Waals surface area (Å²) < 4.78 is 35.0. The Morgan fingerprint density at radius 1 is 1.45 bits per heavy atom. The molecule has 0 aliphatic carbocycles. The summed E-state index contributed by atoms with van der Waals surface area (Å²) in [7, 11) is -3.52. The summed E-state index contributed by atoms with van der Waals surface area (Å²) in [5.41, 5.74) is 6.03. The normalized spacial score (nSPS) is 19.1. The van der Waals surface area contributed by atoms with E-state index in [1.54, 1.807) is 12.3 Å². The lowest BCUT2D eigenvalue weighted by molar-refractivity contribution is 0.0537. The number of aryl methyl sites for hydroxylation is 1. The number of nitrogens with one attached hydrogen (secondary N) is 1. The smallest absolute Gasteiger partial charge is 0.242 e. The first-order chi connectivity index (χ1) is 9.40. The van der Waals surface area contributed by atoms with E-state index in [4.69, 9.17) is 10.5 Å². The fourth-order valence-corrected chi connectivity index (χ4v) is 3.97. The Bertz CT molecular complexity index is 538. The lowest BCUT2D eigenvalue weighted by Crippen LogP contribution is -2.49. The molecular formula is C13H23N3O3S. The summed E-state index contributed by atoms with van der Waals surface area (Å²) in [6, 6.07) is 1.65. The Hall–Kier alpha value is -0.890. The van der Waals surface area contributed by atoms with Crippen molar-refractivity contribution in [3.05, 3.63) is 18.0 Å². The van der Waals surface area contributed by atoms with Crippen LogP contribution in [-0.4, -0.2) is 31.7 Å². The van der Waals surface area contributed by atoms with Crippen molar-refractivity contribution in [1.82, 2.24) is 9.29 Å². The summed E-state index contributed by atoms with van der Waals surface area (Å²) in [6.45, 7) is 6.09. The minimum Gasteiger partial charge on any atom is -0.381 e. The molecule has 1 fully saturated rings. The van der Waals surface area contributed by atoms with Gasteiger partial charge >= 0.3 is 0 Å². The summed E-state index contributed by atoms with van der Waals surface area (Å²) >= 11 is 0. The third-order valence-corrected chi connectivity index (χ3v) is 5.40. The first kappa shape index (κ1) is 15.5. The Kier molecular flexibility index (Phi) is 4.53. The molecule has 2 heterocycles. The van der Waals surface area contributed by atoms with Gasteiger partial charge in [0.2, 0.25) is 10.0 Å². The van der Waals surface area contributed by atoms with Crippen molar-refractivity contribution in [3.63, 3.8) is 0 Å². The molecule has 1 saturated heterocycles. The molecule has 0 bridgehead atoms. The van der Waals surface area contributed by atoms with Gasteiger partial charge in [-0.25, -0.2) is 13.1 Å². The topological polar surface area (TPSA) is 86.3 Å². The van der Waals surface area contributed by atoms with Crippen molar-refractivity contribution >= 4 is 10.0 Å². The van der Waals surface area contributed by atoms with Crippen LogP contribution in [0.25, 0.3) is 0 Å². The van der Waals surface area contributed by atoms with E-state index in [9.17, 15) is 8.42 Å². The number of nitrogens with zero attached hydrogens (tertiary/aromatic N) is 1. The largest absolute Gasteiger partial charge is 0.381 e. The predicted octanol–water partition coefficient (Wildman–Crippen LogP) is 0.814. The molecule has 7 heteroatoms. The molecule has 6 nitrogen and oxygen atoms in total. The van der Waals surface area contributed by atoms with E-state index in [-0.39, 0.29) is 4.90 Å². The first-order valence-corrected chi connectivity index (χ1v) is 8.39. The Morgan fingerprint density at radius 3 is 2.60 bits per heavy atom. The highest BCUT2D eigenvalue weighted by atomic mass is 32.2. The average molecular weight is 301 g/mol. The molecule has 1 aromatic rings. The fraction of sp³-hybridized carbons (Fsp3) is 0.692. The molecule has 1 aliphatic heterocycles. The van der Waals surface area contributed by atoms with Gasteiger partial charge in [0.25, 0.3) is 0 Å². The molecule has 0 aromatic carbocycles. The highest BCUT2D eigenvalue weighted by Crippen LogP contribution is 2.23. The van der Waals surface area contributed by atoms with Gasteiger partial charge in [-0.05, 0) is 32.8 Å². The van der Waals surface area contributed by atoms with Crippen molar-refractivity contribution in [1.29, 1.82) is 0 Å². The van der Waals surface area contributed by atoms with Gasteiger partial charge in [0.15, 0.2) is 0 Å². The highest BCUT2D eigenvalue weighted by Gasteiger charge is 2.33. The molecule has 0 spiro atoms. The van der Waals surface area contributed by atoms with E-state index in [1.807, 2.05) is 18.4 Å². The van der Waals surface area contributed by atoms with Crippen molar-refractivity contribution in [2.75, 3.05) is 13.2 Å². The third-order valence-electron chi connectivity index (χ3n) is 3.80. The van der Waals surface area contributed by atoms with Crippen LogP contribution >= 0.6 is 0 Å². The van der Waals surface area contributed by atoms with E-state index < -0.39 is 15.6 Å². The van der Waals surface area contributed by atoms with Crippen LogP contribution < -0.4 is 10.5 Å². The highest BCUT2D eigenvalue weighted by molar-refractivity contribution is 7.89. The second-order valence-electron chi connectivity index (χ2n) is 5.44. The van der Waals surface area contributed by atoms with Crippen LogP contribution in [0.1, 0.15) is 32.4 Å². The maximum absolute atomic E-state index is 12.5. The zero-order valence-corrected chi connectivity index (χ0v) is 12.9. The third kappa shape index (κ3) is 3.22. The standard InChI is InChI=1S/C13H23N3O3S/c1-3-16-10-12(8-11(16)9-14)20(17,18)15-13(2)4-6-19-7-5-13/h8,10,15H,3-7,9,14H2,1-2H3. The van der Waals surface area contributed by atoms with Crippen LogP contribution in [0, 0.1) is 0 Å². The first-order valence-electron chi connectivity index (χ1n) is 6.91. The lowest BCUT2D eigenvalue weighted by atomic mass is 9.94. The Labute approximate surface area is 120 Å². The van der Waals surface area contributed by atoms with E-state index in [1.165, 1.54) is 0 Å². The quantitative estimate of drug-likeness (QED) is 0.843. The van der Waals surface area contributed by atoms with Gasteiger partial charge in [-0.15, -0.1) is 0 Å². The monoisotopic (exact) mass is 301 g/mol. The van der Waals surface area contributed by atoms with Crippen LogP contribution in [-0.2, 0) is 27.8 Å². The summed E-state index contributed by atoms with van der Waals surface area (Å²) in [5.74, 6) is 0. The van der Waals surface area contributed by atoms with Crippen LogP contribution in [0.4, 0.5) is 0 Å². The number of hydrogen-bond acceptors (Lipinski definition) is 4. The van der Waals surface area contributed by atoms with Gasteiger partial charge in [0.05, 0.1) is 4.90 Å². The molecule has 20 heavy (non-hydrogen) atoms. The number of sulfonamides is 1. The number of ether oxygens (including phenoxy) is 1. The molecule has 0 unspecified atom stereocenters. The molecule has 3 N–H and O–H groups in total. The van der Waals surface area contributed by atoms with Gasteiger partial charge in [0, 0.05) is 43.7 Å². The second-order valence-corrected chi connectivity index (χ2v) is 7.12. The molecule has 1 aliphatic rings. The molecule has 0 amide bonds. The maximum Gasteiger partial charge on any atom is 0.242 e. The summed E-state index contributed by atoms with van der Waals surface area (Å²) in [6.07, 6.45) is 3.02. The van der Waals surface area contributed by atoms with Crippen LogP contribution in [0.3, 0.4) is 0 Å². The van der Waals surface area contributed by atoms with Crippen molar-refractivity contribution in [2.45, 2.75) is 50.2 Å². The van der Waals surface area contributed by atoms with Gasteiger partial charge in [0.1, 0.15) is 0 Å². The Morgan fingerprint density at radius 2 is 2.10 bits per heavy atom. The van der Waals surface area contributed by atoms with Gasteiger partial charge in [-0.1, -0.05) is 0 Å². The molecule has 0 saturated carbocycles. The number of hydrogen-bond donors (Lipinski definition) is 2. The molecular weight excluding hydrogens is 278 g/mol. The molecule has 0 radical (unpaired) electrons. The maximum atomic E-state index is 12.5.